The molecule has 0 bridgehead atoms. The first-order valence-corrected chi connectivity index (χ1v) is 5.04. The molecular formula is C12H8ClNO2. The summed E-state index contributed by atoms with van der Waals surface area (Å²) in [5, 5.41) is -0.579. The summed E-state index contributed by atoms with van der Waals surface area (Å²) < 4.78 is 1.38. The van der Waals surface area contributed by atoms with Gasteiger partial charge < -0.3 is 0 Å². The van der Waals surface area contributed by atoms with Gasteiger partial charge in [-0.25, -0.2) is 0 Å². The molecule has 0 unspecified atom stereocenters. The van der Waals surface area contributed by atoms with Crippen molar-refractivity contribution in [2.75, 3.05) is 0 Å². The van der Waals surface area contributed by atoms with Crippen molar-refractivity contribution in [3.05, 3.63) is 64.6 Å². The summed E-state index contributed by atoms with van der Waals surface area (Å²) in [5.41, 5.74) is 0.797. The molecule has 0 atom stereocenters. The van der Waals surface area contributed by atoms with Crippen LogP contribution in [0.15, 0.2) is 53.5 Å². The molecule has 0 spiro atoms. The lowest BCUT2D eigenvalue weighted by Gasteiger charge is -2.05. The molecule has 0 aliphatic rings. The van der Waals surface area contributed by atoms with Crippen LogP contribution in [-0.2, 0) is 0 Å². The van der Waals surface area contributed by atoms with Gasteiger partial charge in [-0.15, -0.1) is 0 Å². The molecule has 1 aromatic heterocycles. The number of hydrogen-bond donors (Lipinski definition) is 0. The van der Waals surface area contributed by atoms with Gasteiger partial charge in [0.2, 0.25) is 0 Å². The number of nitrogens with zero attached hydrogens (tertiary/aromatic N) is 1. The topological polar surface area (TPSA) is 39.1 Å². The smallest absolute Gasteiger partial charge is 0.255 e. The van der Waals surface area contributed by atoms with Crippen molar-refractivity contribution < 1.29 is 4.79 Å². The molecule has 0 radical (unpaired) electrons. The number of benzene rings is 1. The maximum atomic E-state index is 11.6. The van der Waals surface area contributed by atoms with Crippen molar-refractivity contribution in [2.24, 2.45) is 0 Å². The Hall–Kier alpha value is -1.87. The van der Waals surface area contributed by atoms with Crippen LogP contribution in [0.2, 0.25) is 0 Å². The molecule has 1 aromatic carbocycles. The maximum absolute atomic E-state index is 11.6. The molecular weight excluding hydrogens is 226 g/mol. The number of halogens is 1. The van der Waals surface area contributed by atoms with E-state index in [0.717, 1.165) is 0 Å². The molecule has 0 amide bonds. The third kappa shape index (κ3) is 2.04. The summed E-state index contributed by atoms with van der Waals surface area (Å²) in [4.78, 5) is 22.6. The number of carbonyl (C=O) groups is 1. The van der Waals surface area contributed by atoms with Gasteiger partial charge >= 0.3 is 0 Å². The standard InChI is InChI=1S/C12H8ClNO2/c13-12(16)9-6-7-11(15)14(8-9)10-4-2-1-3-5-10/h1-8H. The Morgan fingerprint density at radius 3 is 2.38 bits per heavy atom. The average Bonchev–Trinajstić information content (AvgIpc) is 2.30. The van der Waals surface area contributed by atoms with Crippen LogP contribution < -0.4 is 5.56 Å². The van der Waals surface area contributed by atoms with Gasteiger partial charge in [-0.1, -0.05) is 18.2 Å². The van der Waals surface area contributed by atoms with Crippen LogP contribution in [0, 0.1) is 0 Å². The molecule has 0 aliphatic carbocycles. The van der Waals surface area contributed by atoms with Crippen LogP contribution in [-0.4, -0.2) is 9.81 Å². The zero-order valence-electron chi connectivity index (χ0n) is 8.26. The van der Waals surface area contributed by atoms with Gasteiger partial charge in [-0.2, -0.15) is 0 Å². The highest BCUT2D eigenvalue weighted by molar-refractivity contribution is 6.67. The Balaban J connectivity index is 2.61. The van der Waals surface area contributed by atoms with Gasteiger partial charge in [0.25, 0.3) is 10.8 Å². The van der Waals surface area contributed by atoms with E-state index in [0.29, 0.717) is 11.3 Å². The fourth-order valence-corrected chi connectivity index (χ4v) is 1.51. The van der Waals surface area contributed by atoms with Crippen LogP contribution >= 0.6 is 11.6 Å². The summed E-state index contributed by atoms with van der Waals surface area (Å²) in [6.07, 6.45) is 1.44. The first-order chi connectivity index (χ1) is 7.68. The van der Waals surface area contributed by atoms with E-state index in [1.807, 2.05) is 18.2 Å². The molecule has 1 heterocycles. The van der Waals surface area contributed by atoms with Crippen molar-refractivity contribution in [1.29, 1.82) is 0 Å². The van der Waals surface area contributed by atoms with E-state index in [2.05, 4.69) is 0 Å². The van der Waals surface area contributed by atoms with E-state index in [1.54, 1.807) is 12.1 Å². The van der Waals surface area contributed by atoms with Crippen molar-refractivity contribution >= 4 is 16.8 Å². The number of pyridine rings is 1. The van der Waals surface area contributed by atoms with Gasteiger partial charge in [0, 0.05) is 18.0 Å². The van der Waals surface area contributed by atoms with Crippen molar-refractivity contribution in [3.8, 4) is 5.69 Å². The van der Waals surface area contributed by atoms with Gasteiger partial charge in [-0.05, 0) is 29.8 Å². The molecule has 2 aromatic rings. The molecule has 0 N–H and O–H groups in total. The lowest BCUT2D eigenvalue weighted by atomic mass is 10.2. The van der Waals surface area contributed by atoms with Gasteiger partial charge in [0.05, 0.1) is 5.56 Å². The first kappa shape index (κ1) is 10.6. The number of aromatic nitrogens is 1. The predicted octanol–water partition coefficient (Wildman–Crippen LogP) is 2.22. The quantitative estimate of drug-likeness (QED) is 0.746. The Kier molecular flexibility index (Phi) is 2.88. The molecule has 0 fully saturated rings. The van der Waals surface area contributed by atoms with Gasteiger partial charge in [0.15, 0.2) is 0 Å². The van der Waals surface area contributed by atoms with E-state index >= 15 is 0 Å². The lowest BCUT2D eigenvalue weighted by molar-refractivity contribution is 0.108. The fraction of sp³-hybridized carbons (Fsp3) is 0. The predicted molar refractivity (Wildman–Crippen MR) is 62.2 cm³/mol. The minimum Gasteiger partial charge on any atom is -0.284 e. The molecule has 0 saturated heterocycles. The maximum Gasteiger partial charge on any atom is 0.255 e. The Labute approximate surface area is 96.9 Å². The van der Waals surface area contributed by atoms with Crippen LogP contribution in [0.25, 0.3) is 5.69 Å². The molecule has 80 valence electrons. The van der Waals surface area contributed by atoms with Gasteiger partial charge in [0.1, 0.15) is 0 Å². The van der Waals surface area contributed by atoms with Gasteiger partial charge in [-0.3, -0.25) is 14.2 Å². The van der Waals surface area contributed by atoms with E-state index < -0.39 is 5.24 Å². The van der Waals surface area contributed by atoms with Crippen LogP contribution in [0.4, 0.5) is 0 Å². The second kappa shape index (κ2) is 4.33. The molecule has 2 rings (SSSR count). The van der Waals surface area contributed by atoms with Crippen LogP contribution in [0.5, 0.6) is 0 Å². The minimum absolute atomic E-state index is 0.201. The first-order valence-electron chi connectivity index (χ1n) is 4.66. The highest BCUT2D eigenvalue weighted by Gasteiger charge is 2.05. The zero-order valence-corrected chi connectivity index (χ0v) is 9.02. The summed E-state index contributed by atoms with van der Waals surface area (Å²) in [6, 6.07) is 11.8. The Morgan fingerprint density at radius 1 is 1.06 bits per heavy atom. The van der Waals surface area contributed by atoms with Crippen molar-refractivity contribution in [3.63, 3.8) is 0 Å². The molecule has 4 heteroatoms. The summed E-state index contributed by atoms with van der Waals surface area (Å²) in [5.74, 6) is 0. The monoisotopic (exact) mass is 233 g/mol. The largest absolute Gasteiger partial charge is 0.284 e. The molecule has 0 saturated carbocycles. The zero-order chi connectivity index (χ0) is 11.5. The van der Waals surface area contributed by atoms with E-state index in [4.69, 9.17) is 11.6 Å². The Bertz CT molecular complexity index is 575. The molecule has 3 nitrogen and oxygen atoms in total. The number of rotatable bonds is 2. The minimum atomic E-state index is -0.579. The SMILES string of the molecule is O=C(Cl)c1ccc(=O)n(-c2ccccc2)c1. The summed E-state index contributed by atoms with van der Waals surface area (Å²) in [7, 11) is 0. The second-order valence-electron chi connectivity index (χ2n) is 3.24. The average molecular weight is 234 g/mol. The fourth-order valence-electron chi connectivity index (χ4n) is 1.39. The third-order valence-corrected chi connectivity index (χ3v) is 2.39. The third-order valence-electron chi connectivity index (χ3n) is 2.17. The van der Waals surface area contributed by atoms with Crippen LogP contribution in [0.1, 0.15) is 10.4 Å². The number of hydrogen-bond acceptors (Lipinski definition) is 2. The number of carbonyl (C=O) groups excluding carboxylic acids is 1. The summed E-state index contributed by atoms with van der Waals surface area (Å²) >= 11 is 5.36. The lowest BCUT2D eigenvalue weighted by Crippen LogP contribution is -2.17. The van der Waals surface area contributed by atoms with E-state index in [-0.39, 0.29) is 5.56 Å². The second-order valence-corrected chi connectivity index (χ2v) is 3.58. The summed E-state index contributed by atoms with van der Waals surface area (Å²) in [6.45, 7) is 0. The van der Waals surface area contributed by atoms with Crippen molar-refractivity contribution in [2.45, 2.75) is 0 Å². The normalized spacial score (nSPS) is 10.1. The molecule has 16 heavy (non-hydrogen) atoms. The number of para-hydroxylation sites is 1. The van der Waals surface area contributed by atoms with Crippen molar-refractivity contribution in [1.82, 2.24) is 4.57 Å². The Morgan fingerprint density at radius 2 is 1.75 bits per heavy atom. The van der Waals surface area contributed by atoms with E-state index in [9.17, 15) is 9.59 Å². The highest BCUT2D eigenvalue weighted by Crippen LogP contribution is 2.07. The molecule has 0 aliphatic heterocycles. The highest BCUT2D eigenvalue weighted by atomic mass is 35.5. The van der Waals surface area contributed by atoms with E-state index in [1.165, 1.54) is 22.9 Å². The van der Waals surface area contributed by atoms with Crippen LogP contribution in [0.3, 0.4) is 0 Å².